The first-order chi connectivity index (χ1) is 20.4. The molecule has 3 aliphatic heterocycles. The molecule has 10 heteroatoms. The number of nitrogens with zero attached hydrogens (tertiary/aromatic N) is 5. The van der Waals surface area contributed by atoms with E-state index >= 15 is 0 Å². The smallest absolute Gasteiger partial charge is 0.335 e. The van der Waals surface area contributed by atoms with Crippen LogP contribution in [-0.2, 0) is 11.3 Å². The number of carbonyl (C=O) groups is 2. The molecule has 2 amide bonds. The van der Waals surface area contributed by atoms with Crippen LogP contribution >= 0.6 is 0 Å². The number of carboxylic acids is 1. The number of urea groups is 1. The summed E-state index contributed by atoms with van der Waals surface area (Å²) in [7, 11) is 0. The molecule has 1 aromatic carbocycles. The lowest BCUT2D eigenvalue weighted by molar-refractivity contribution is 0.0493. The number of aromatic nitrogens is 2. The van der Waals surface area contributed by atoms with Crippen LogP contribution in [-0.4, -0.2) is 92.7 Å². The number of ether oxygens (including phenoxy) is 1. The van der Waals surface area contributed by atoms with Gasteiger partial charge in [0.1, 0.15) is 0 Å². The van der Waals surface area contributed by atoms with E-state index in [0.29, 0.717) is 5.95 Å². The van der Waals surface area contributed by atoms with Gasteiger partial charge in [0.15, 0.2) is 0 Å². The van der Waals surface area contributed by atoms with Gasteiger partial charge in [-0.2, -0.15) is 0 Å². The molecule has 0 radical (unpaired) electrons. The Labute approximate surface area is 248 Å². The van der Waals surface area contributed by atoms with Crippen LogP contribution < -0.4 is 5.32 Å². The Morgan fingerprint density at radius 3 is 2.50 bits per heavy atom. The quantitative estimate of drug-likeness (QED) is 0.382. The maximum absolute atomic E-state index is 13.7. The van der Waals surface area contributed by atoms with Crippen LogP contribution in [0.5, 0.6) is 0 Å². The third-order valence-corrected chi connectivity index (χ3v) is 8.56. The SMILES string of the molecule is C/C=C\C=C/C[C@@H]1CN(C2CCOCC2)C(=O)N1C1CCN(Cc2cnc(Nc3ccc(C(=O)O)cc3)nc2C)CC1. The molecule has 0 unspecified atom stereocenters. The summed E-state index contributed by atoms with van der Waals surface area (Å²) in [4.78, 5) is 40.7. The normalized spacial score (nSPS) is 21.2. The van der Waals surface area contributed by atoms with Crippen molar-refractivity contribution in [2.75, 3.05) is 38.2 Å². The zero-order valence-electron chi connectivity index (χ0n) is 24.6. The Morgan fingerprint density at radius 1 is 1.10 bits per heavy atom. The summed E-state index contributed by atoms with van der Waals surface area (Å²) in [5.74, 6) is -0.475. The van der Waals surface area contributed by atoms with Gasteiger partial charge in [0.25, 0.3) is 0 Å². The van der Waals surface area contributed by atoms with Crippen molar-refractivity contribution in [1.82, 2.24) is 24.7 Å². The van der Waals surface area contributed by atoms with Crippen molar-refractivity contribution in [3.63, 3.8) is 0 Å². The Morgan fingerprint density at radius 2 is 1.83 bits per heavy atom. The zero-order chi connectivity index (χ0) is 29.5. The van der Waals surface area contributed by atoms with Crippen molar-refractivity contribution in [3.8, 4) is 0 Å². The minimum absolute atomic E-state index is 0.203. The van der Waals surface area contributed by atoms with Crippen LogP contribution in [0.3, 0.4) is 0 Å². The Kier molecular flexibility index (Phi) is 9.86. The van der Waals surface area contributed by atoms with Crippen molar-refractivity contribution in [1.29, 1.82) is 0 Å². The molecule has 3 fully saturated rings. The van der Waals surface area contributed by atoms with Crippen molar-refractivity contribution in [2.24, 2.45) is 0 Å². The first kappa shape index (κ1) is 29.7. The van der Waals surface area contributed by atoms with Gasteiger partial charge in [0.2, 0.25) is 5.95 Å². The lowest BCUT2D eigenvalue weighted by Gasteiger charge is -2.39. The van der Waals surface area contributed by atoms with Crippen molar-refractivity contribution < 1.29 is 19.4 Å². The molecule has 10 nitrogen and oxygen atoms in total. The molecule has 2 aromatic rings. The molecule has 0 spiro atoms. The van der Waals surface area contributed by atoms with E-state index in [9.17, 15) is 9.59 Å². The summed E-state index contributed by atoms with van der Waals surface area (Å²) in [5, 5.41) is 12.2. The minimum Gasteiger partial charge on any atom is -0.478 e. The molecule has 42 heavy (non-hydrogen) atoms. The number of likely N-dealkylation sites (tertiary alicyclic amines) is 1. The second-order valence-corrected chi connectivity index (χ2v) is 11.3. The first-order valence-corrected chi connectivity index (χ1v) is 15.0. The molecule has 3 aliphatic rings. The standard InChI is InChI=1S/C32H42N6O4/c1-3-4-5-6-7-29-22-37(27-14-18-42-19-15-27)32(41)38(29)28-12-16-36(17-13-28)21-25-20-33-31(34-23(25)2)35-26-10-8-24(9-11-26)30(39)40/h3-6,8-11,20,27-29H,7,12-19,21-22H2,1-2H3,(H,39,40)(H,33,34,35)/b4-3-,6-5-/t29-/m1/s1. The molecule has 5 rings (SSSR count). The number of hydrogen-bond donors (Lipinski definition) is 2. The third-order valence-electron chi connectivity index (χ3n) is 8.56. The van der Waals surface area contributed by atoms with Gasteiger partial charge in [-0.25, -0.2) is 19.6 Å². The van der Waals surface area contributed by atoms with E-state index in [1.165, 1.54) is 0 Å². The molecule has 1 atom stereocenters. The summed E-state index contributed by atoms with van der Waals surface area (Å²) < 4.78 is 5.56. The average Bonchev–Trinajstić information content (AvgIpc) is 3.33. The van der Waals surface area contributed by atoms with Gasteiger partial charge in [0, 0.05) is 74.6 Å². The fourth-order valence-electron chi connectivity index (χ4n) is 6.20. The number of anilines is 2. The van der Waals surface area contributed by atoms with Crippen LogP contribution in [0.4, 0.5) is 16.4 Å². The van der Waals surface area contributed by atoms with Crippen LogP contribution in [0.1, 0.15) is 60.6 Å². The zero-order valence-corrected chi connectivity index (χ0v) is 24.6. The van der Waals surface area contributed by atoms with Gasteiger partial charge in [-0.1, -0.05) is 24.3 Å². The lowest BCUT2D eigenvalue weighted by Crippen LogP contribution is -2.50. The number of benzene rings is 1. The van der Waals surface area contributed by atoms with Crippen LogP contribution in [0.25, 0.3) is 0 Å². The molecule has 3 saturated heterocycles. The highest BCUT2D eigenvalue weighted by molar-refractivity contribution is 5.88. The number of nitrogens with one attached hydrogen (secondary N) is 1. The predicted molar refractivity (Wildman–Crippen MR) is 162 cm³/mol. The van der Waals surface area contributed by atoms with E-state index in [4.69, 9.17) is 9.84 Å². The van der Waals surface area contributed by atoms with Crippen LogP contribution in [0.15, 0.2) is 54.8 Å². The Hall–Kier alpha value is -3.76. The van der Waals surface area contributed by atoms with E-state index in [2.05, 4.69) is 42.1 Å². The number of aryl methyl sites for hydroxylation is 1. The minimum atomic E-state index is -0.956. The number of hydrogen-bond acceptors (Lipinski definition) is 7. The Bertz CT molecular complexity index is 1280. The van der Waals surface area contributed by atoms with Gasteiger partial charge in [-0.15, -0.1) is 0 Å². The highest BCUT2D eigenvalue weighted by Crippen LogP contribution is 2.31. The topological polar surface area (TPSA) is 111 Å². The summed E-state index contributed by atoms with van der Waals surface area (Å²) in [5.41, 5.74) is 2.96. The van der Waals surface area contributed by atoms with Crippen LogP contribution in [0.2, 0.25) is 0 Å². The molecule has 2 N–H and O–H groups in total. The van der Waals surface area contributed by atoms with Crippen molar-refractivity contribution >= 4 is 23.6 Å². The largest absolute Gasteiger partial charge is 0.478 e. The molecule has 4 heterocycles. The maximum atomic E-state index is 13.7. The predicted octanol–water partition coefficient (Wildman–Crippen LogP) is 5.00. The first-order valence-electron chi connectivity index (χ1n) is 15.0. The number of piperidine rings is 1. The molecule has 224 valence electrons. The lowest BCUT2D eigenvalue weighted by atomic mass is 10.0. The second-order valence-electron chi connectivity index (χ2n) is 11.3. The van der Waals surface area contributed by atoms with E-state index in [1.807, 2.05) is 32.2 Å². The van der Waals surface area contributed by atoms with E-state index in [0.717, 1.165) is 88.4 Å². The number of amides is 2. The molecular formula is C32H42N6O4. The molecule has 0 bridgehead atoms. The van der Waals surface area contributed by atoms with Gasteiger partial charge in [-0.05, 0) is 70.2 Å². The Balaban J connectivity index is 1.18. The van der Waals surface area contributed by atoms with Gasteiger partial charge < -0.3 is 25.0 Å². The fraction of sp³-hybridized carbons (Fsp3) is 0.500. The number of carbonyl (C=O) groups excluding carboxylic acids is 1. The fourth-order valence-corrected chi connectivity index (χ4v) is 6.20. The van der Waals surface area contributed by atoms with E-state index < -0.39 is 5.97 Å². The van der Waals surface area contributed by atoms with Gasteiger partial charge in [0.05, 0.1) is 11.6 Å². The van der Waals surface area contributed by atoms with Crippen molar-refractivity contribution in [3.05, 3.63) is 71.6 Å². The summed E-state index contributed by atoms with van der Waals surface area (Å²) in [6.45, 7) is 8.87. The third kappa shape index (κ3) is 7.17. The van der Waals surface area contributed by atoms with E-state index in [-0.39, 0.29) is 29.7 Å². The van der Waals surface area contributed by atoms with Crippen molar-refractivity contribution in [2.45, 2.75) is 70.6 Å². The summed E-state index contributed by atoms with van der Waals surface area (Å²) in [6, 6.07) is 7.45. The summed E-state index contributed by atoms with van der Waals surface area (Å²) in [6.07, 6.45) is 14.8. The summed E-state index contributed by atoms with van der Waals surface area (Å²) >= 11 is 0. The number of carboxylic acid groups (broad SMARTS) is 1. The molecule has 0 aliphatic carbocycles. The highest BCUT2D eigenvalue weighted by atomic mass is 16.5. The van der Waals surface area contributed by atoms with Gasteiger partial charge >= 0.3 is 12.0 Å². The van der Waals surface area contributed by atoms with Gasteiger partial charge in [-0.3, -0.25) is 4.90 Å². The van der Waals surface area contributed by atoms with E-state index in [1.54, 1.807) is 24.3 Å². The average molecular weight is 575 g/mol. The molecular weight excluding hydrogens is 532 g/mol. The molecule has 1 aromatic heterocycles. The number of rotatable bonds is 10. The number of aromatic carboxylic acids is 1. The second kappa shape index (κ2) is 13.9. The van der Waals surface area contributed by atoms with Crippen LogP contribution in [0, 0.1) is 6.92 Å². The monoisotopic (exact) mass is 574 g/mol. The maximum Gasteiger partial charge on any atom is 0.335 e. The highest BCUT2D eigenvalue weighted by Gasteiger charge is 2.44. The number of allylic oxidation sites excluding steroid dienone is 3. The molecule has 0 saturated carbocycles.